The molecule has 1 aromatic carbocycles. The fraction of sp³-hybridized carbons (Fsp3) is 0.600. The molecule has 4 heteroatoms. The second kappa shape index (κ2) is 6.44. The van der Waals surface area contributed by atoms with Gasteiger partial charge in [0.25, 0.3) is 0 Å². The molecule has 1 N–H and O–H groups in total. The molecule has 0 saturated heterocycles. The van der Waals surface area contributed by atoms with Crippen LogP contribution in [0.3, 0.4) is 0 Å². The van der Waals surface area contributed by atoms with Crippen LogP contribution in [0.25, 0.3) is 0 Å². The first kappa shape index (κ1) is 16.1. The van der Waals surface area contributed by atoms with Crippen LogP contribution in [0.1, 0.15) is 31.9 Å². The summed E-state index contributed by atoms with van der Waals surface area (Å²) in [6, 6.07) is 2.80. The third-order valence-corrected chi connectivity index (χ3v) is 2.96. The Hall–Kier alpha value is -1.00. The Morgan fingerprint density at radius 1 is 1.21 bits per heavy atom. The zero-order valence-electron chi connectivity index (χ0n) is 12.5. The van der Waals surface area contributed by atoms with E-state index in [0.29, 0.717) is 5.56 Å². The summed E-state index contributed by atoms with van der Waals surface area (Å²) >= 11 is 0. The van der Waals surface area contributed by atoms with Crippen molar-refractivity contribution in [3.63, 3.8) is 0 Å². The van der Waals surface area contributed by atoms with Gasteiger partial charge >= 0.3 is 0 Å². The lowest BCUT2D eigenvalue weighted by Crippen LogP contribution is -2.40. The second-order valence-corrected chi connectivity index (χ2v) is 6.07. The SMILES string of the molecule is Cc1ccc(F)c(CN(C)CCNC(C)(C)C)c1F. The van der Waals surface area contributed by atoms with E-state index in [1.165, 1.54) is 12.1 Å². The number of hydrogen-bond acceptors (Lipinski definition) is 2. The van der Waals surface area contributed by atoms with E-state index < -0.39 is 11.6 Å². The van der Waals surface area contributed by atoms with E-state index in [1.54, 1.807) is 6.92 Å². The van der Waals surface area contributed by atoms with E-state index in [-0.39, 0.29) is 17.6 Å². The molecule has 0 spiro atoms. The fourth-order valence-corrected chi connectivity index (χ4v) is 1.83. The van der Waals surface area contributed by atoms with Gasteiger partial charge in [0, 0.05) is 30.7 Å². The average molecular weight is 270 g/mol. The van der Waals surface area contributed by atoms with Crippen molar-refractivity contribution >= 4 is 0 Å². The van der Waals surface area contributed by atoms with Crippen LogP contribution in [0.5, 0.6) is 0 Å². The van der Waals surface area contributed by atoms with Crippen LogP contribution in [0.15, 0.2) is 12.1 Å². The number of rotatable bonds is 5. The largest absolute Gasteiger partial charge is 0.311 e. The summed E-state index contributed by atoms with van der Waals surface area (Å²) in [5.41, 5.74) is 0.691. The minimum absolute atomic E-state index is 0.0562. The number of halogens is 2. The Bertz CT molecular complexity index is 425. The molecule has 0 radical (unpaired) electrons. The van der Waals surface area contributed by atoms with Crippen molar-refractivity contribution in [3.8, 4) is 0 Å². The first-order valence-electron chi connectivity index (χ1n) is 6.58. The predicted octanol–water partition coefficient (Wildman–Crippen LogP) is 3.09. The Kier molecular flexibility index (Phi) is 5.44. The van der Waals surface area contributed by atoms with E-state index in [4.69, 9.17) is 0 Å². The third kappa shape index (κ3) is 5.25. The summed E-state index contributed by atoms with van der Waals surface area (Å²) in [6.45, 7) is 9.73. The molecule has 0 heterocycles. The minimum Gasteiger partial charge on any atom is -0.311 e. The number of hydrogen-bond donors (Lipinski definition) is 1. The van der Waals surface area contributed by atoms with Crippen LogP contribution >= 0.6 is 0 Å². The minimum atomic E-state index is -0.473. The molecule has 19 heavy (non-hydrogen) atoms. The summed E-state index contributed by atoms with van der Waals surface area (Å²) < 4.78 is 27.5. The van der Waals surface area contributed by atoms with Crippen LogP contribution in [-0.2, 0) is 6.54 Å². The van der Waals surface area contributed by atoms with Gasteiger partial charge in [0.15, 0.2) is 0 Å². The number of likely N-dealkylation sites (N-methyl/N-ethyl adjacent to an activating group) is 1. The molecule has 0 aromatic heterocycles. The van der Waals surface area contributed by atoms with Gasteiger partial charge in [-0.1, -0.05) is 6.07 Å². The van der Waals surface area contributed by atoms with Crippen molar-refractivity contribution in [3.05, 3.63) is 34.9 Å². The lowest BCUT2D eigenvalue weighted by Gasteiger charge is -2.24. The van der Waals surface area contributed by atoms with Gasteiger partial charge in [-0.25, -0.2) is 8.78 Å². The third-order valence-electron chi connectivity index (χ3n) is 2.96. The maximum Gasteiger partial charge on any atom is 0.133 e. The molecule has 0 unspecified atom stereocenters. The second-order valence-electron chi connectivity index (χ2n) is 6.07. The summed E-state index contributed by atoms with van der Waals surface area (Å²) in [7, 11) is 1.87. The molecule has 108 valence electrons. The van der Waals surface area contributed by atoms with Gasteiger partial charge in [0.2, 0.25) is 0 Å². The van der Waals surface area contributed by atoms with Gasteiger partial charge in [0.05, 0.1) is 0 Å². The highest BCUT2D eigenvalue weighted by molar-refractivity contribution is 5.26. The number of benzene rings is 1. The molecule has 0 saturated carbocycles. The molecule has 0 bridgehead atoms. The first-order chi connectivity index (χ1) is 8.70. The lowest BCUT2D eigenvalue weighted by molar-refractivity contribution is 0.294. The molecule has 0 amide bonds. The van der Waals surface area contributed by atoms with Crippen molar-refractivity contribution in [2.75, 3.05) is 20.1 Å². The van der Waals surface area contributed by atoms with E-state index >= 15 is 0 Å². The highest BCUT2D eigenvalue weighted by atomic mass is 19.1. The van der Waals surface area contributed by atoms with Crippen molar-refractivity contribution in [2.45, 2.75) is 39.8 Å². The molecular formula is C15H24F2N2. The summed E-state index contributed by atoms with van der Waals surface area (Å²) in [4.78, 5) is 1.92. The number of nitrogens with zero attached hydrogens (tertiary/aromatic N) is 1. The van der Waals surface area contributed by atoms with Crippen LogP contribution in [0.4, 0.5) is 8.78 Å². The molecule has 2 nitrogen and oxygen atoms in total. The topological polar surface area (TPSA) is 15.3 Å². The van der Waals surface area contributed by atoms with E-state index in [9.17, 15) is 8.78 Å². The monoisotopic (exact) mass is 270 g/mol. The van der Waals surface area contributed by atoms with E-state index in [2.05, 4.69) is 26.1 Å². The fourth-order valence-electron chi connectivity index (χ4n) is 1.83. The quantitative estimate of drug-likeness (QED) is 0.884. The molecule has 0 atom stereocenters. The van der Waals surface area contributed by atoms with Crippen LogP contribution in [-0.4, -0.2) is 30.6 Å². The first-order valence-corrected chi connectivity index (χ1v) is 6.58. The van der Waals surface area contributed by atoms with Gasteiger partial charge < -0.3 is 10.2 Å². The van der Waals surface area contributed by atoms with Crippen LogP contribution in [0, 0.1) is 18.6 Å². The van der Waals surface area contributed by atoms with Gasteiger partial charge in [-0.15, -0.1) is 0 Å². The summed E-state index contributed by atoms with van der Waals surface area (Å²) in [6.07, 6.45) is 0. The number of aryl methyl sites for hydroxylation is 1. The molecule has 0 aliphatic rings. The lowest BCUT2D eigenvalue weighted by atomic mass is 10.1. The van der Waals surface area contributed by atoms with E-state index in [1.807, 2.05) is 11.9 Å². The van der Waals surface area contributed by atoms with Crippen molar-refractivity contribution in [1.29, 1.82) is 0 Å². The van der Waals surface area contributed by atoms with Gasteiger partial charge in [-0.2, -0.15) is 0 Å². The molecule has 0 aliphatic heterocycles. The highest BCUT2D eigenvalue weighted by Gasteiger charge is 2.14. The van der Waals surface area contributed by atoms with Crippen molar-refractivity contribution in [2.24, 2.45) is 0 Å². The normalized spacial score (nSPS) is 12.2. The Labute approximate surface area is 114 Å². The summed E-state index contributed by atoms with van der Waals surface area (Å²) in [5, 5.41) is 3.35. The molecule has 1 rings (SSSR count). The zero-order chi connectivity index (χ0) is 14.6. The van der Waals surface area contributed by atoms with Crippen LogP contribution < -0.4 is 5.32 Å². The van der Waals surface area contributed by atoms with Gasteiger partial charge in [-0.05, 0) is 46.4 Å². The molecule has 1 aromatic rings. The van der Waals surface area contributed by atoms with Crippen LogP contribution in [0.2, 0.25) is 0 Å². The highest BCUT2D eigenvalue weighted by Crippen LogP contribution is 2.17. The Balaban J connectivity index is 2.58. The molecular weight excluding hydrogens is 246 g/mol. The standard InChI is InChI=1S/C15H24F2N2/c1-11-6-7-13(16)12(14(11)17)10-19(5)9-8-18-15(2,3)4/h6-7,18H,8-10H2,1-5H3. The van der Waals surface area contributed by atoms with Gasteiger partial charge in [-0.3, -0.25) is 0 Å². The number of nitrogens with one attached hydrogen (secondary N) is 1. The smallest absolute Gasteiger partial charge is 0.133 e. The summed E-state index contributed by atoms with van der Waals surface area (Å²) in [5.74, 6) is -0.908. The maximum atomic E-state index is 13.9. The maximum absolute atomic E-state index is 13.9. The van der Waals surface area contributed by atoms with Crippen molar-refractivity contribution in [1.82, 2.24) is 10.2 Å². The van der Waals surface area contributed by atoms with E-state index in [0.717, 1.165) is 13.1 Å². The van der Waals surface area contributed by atoms with Gasteiger partial charge in [0.1, 0.15) is 11.6 Å². The zero-order valence-corrected chi connectivity index (χ0v) is 12.5. The predicted molar refractivity (Wildman–Crippen MR) is 75.2 cm³/mol. The molecule has 0 aliphatic carbocycles. The molecule has 0 fully saturated rings. The average Bonchev–Trinajstić information content (AvgIpc) is 2.28. The Morgan fingerprint density at radius 3 is 2.42 bits per heavy atom. The Morgan fingerprint density at radius 2 is 1.84 bits per heavy atom. The van der Waals surface area contributed by atoms with Crippen molar-refractivity contribution < 1.29 is 8.78 Å².